The minimum absolute atomic E-state index is 0.255. The molecule has 16 atom stereocenters. The maximum absolute atomic E-state index is 10.7. The van der Waals surface area contributed by atoms with Crippen molar-refractivity contribution in [3.63, 3.8) is 0 Å². The van der Waals surface area contributed by atoms with Gasteiger partial charge in [-0.15, -0.1) is 11.6 Å². The van der Waals surface area contributed by atoms with Crippen molar-refractivity contribution in [3.05, 3.63) is 11.8 Å². The smallest absolute Gasteiger partial charge is 0.207 e. The number of rotatable bonds is 7. The summed E-state index contributed by atoms with van der Waals surface area (Å²) in [5, 5.41) is 99.3. The molecule has 1 aliphatic carbocycles. The Morgan fingerprint density at radius 3 is 1.78 bits per heavy atom. The molecule has 37 heavy (non-hydrogen) atoms. The molecule has 0 aromatic rings. The highest BCUT2D eigenvalue weighted by Crippen LogP contribution is 2.46. The molecule has 0 spiro atoms. The predicted molar refractivity (Wildman–Crippen MR) is 116 cm³/mol. The van der Waals surface area contributed by atoms with Crippen molar-refractivity contribution in [1.29, 1.82) is 0 Å². The van der Waals surface area contributed by atoms with Gasteiger partial charge in [-0.1, -0.05) is 0 Å². The molecular formula is C21H33ClO15. The first kappa shape index (κ1) is 29.3. The van der Waals surface area contributed by atoms with Crippen LogP contribution in [0.2, 0.25) is 0 Å². The van der Waals surface area contributed by atoms with Gasteiger partial charge in [0.05, 0.1) is 49.6 Å². The van der Waals surface area contributed by atoms with E-state index >= 15 is 0 Å². The molecule has 1 saturated carbocycles. The van der Waals surface area contributed by atoms with Crippen molar-refractivity contribution in [2.24, 2.45) is 11.8 Å². The van der Waals surface area contributed by atoms with Crippen molar-refractivity contribution >= 4 is 11.6 Å². The van der Waals surface area contributed by atoms with E-state index in [1.807, 2.05) is 0 Å². The maximum atomic E-state index is 10.7. The molecule has 214 valence electrons. The second-order valence-electron chi connectivity index (χ2n) is 9.57. The SMILES string of the molecule is OC[C@H]1O[C@@H](OCC2=CO[C@@H](O[C@@H]3O[C@H](CO)[C@@H](O)[C@H](O)[C@H]3O)C3C2[C@H](O)[C@@H](Cl)[C@@H]3O)[C@H](O)[C@@H](O)[C@@H]1O. The van der Waals surface area contributed by atoms with Crippen LogP contribution in [0, 0.1) is 11.8 Å². The van der Waals surface area contributed by atoms with E-state index < -0.39 is 110 Å². The first-order chi connectivity index (χ1) is 17.5. The fraction of sp³-hybridized carbons (Fsp3) is 0.905. The van der Waals surface area contributed by atoms with Gasteiger partial charge in [0, 0.05) is 5.92 Å². The van der Waals surface area contributed by atoms with Gasteiger partial charge in [-0.2, -0.15) is 0 Å². The number of halogens is 1. The Morgan fingerprint density at radius 1 is 0.676 bits per heavy atom. The van der Waals surface area contributed by atoms with E-state index in [1.54, 1.807) is 0 Å². The monoisotopic (exact) mass is 560 g/mol. The summed E-state index contributed by atoms with van der Waals surface area (Å²) >= 11 is 6.20. The minimum Gasteiger partial charge on any atom is -0.472 e. The van der Waals surface area contributed by atoms with E-state index in [0.717, 1.165) is 6.26 Å². The molecule has 0 radical (unpaired) electrons. The topological polar surface area (TPSA) is 248 Å². The van der Waals surface area contributed by atoms with Gasteiger partial charge in [0.15, 0.2) is 12.6 Å². The third-order valence-electron chi connectivity index (χ3n) is 7.30. The van der Waals surface area contributed by atoms with Crippen LogP contribution in [0.15, 0.2) is 11.8 Å². The van der Waals surface area contributed by atoms with Crippen LogP contribution in [0.25, 0.3) is 0 Å². The summed E-state index contributed by atoms with van der Waals surface area (Å²) in [5.41, 5.74) is 0.255. The first-order valence-corrected chi connectivity index (χ1v) is 12.2. The zero-order chi connectivity index (χ0) is 27.2. The quantitative estimate of drug-likeness (QED) is 0.130. The largest absolute Gasteiger partial charge is 0.472 e. The number of fused-ring (bicyclic) bond motifs is 1. The average molecular weight is 561 g/mol. The summed E-state index contributed by atoms with van der Waals surface area (Å²) in [7, 11) is 0. The van der Waals surface area contributed by atoms with E-state index in [0.29, 0.717) is 0 Å². The lowest BCUT2D eigenvalue weighted by Gasteiger charge is -2.43. The van der Waals surface area contributed by atoms with Gasteiger partial charge in [0.1, 0.15) is 48.8 Å². The zero-order valence-electron chi connectivity index (χ0n) is 19.3. The van der Waals surface area contributed by atoms with Crippen molar-refractivity contribution in [2.75, 3.05) is 19.8 Å². The summed E-state index contributed by atoms with van der Waals surface area (Å²) in [5.74, 6) is -1.96. The van der Waals surface area contributed by atoms with Crippen molar-refractivity contribution in [1.82, 2.24) is 0 Å². The van der Waals surface area contributed by atoms with Crippen LogP contribution in [0.4, 0.5) is 0 Å². The van der Waals surface area contributed by atoms with E-state index in [-0.39, 0.29) is 12.2 Å². The van der Waals surface area contributed by atoms with Crippen LogP contribution in [-0.2, 0) is 23.7 Å². The molecule has 3 aliphatic heterocycles. The van der Waals surface area contributed by atoms with E-state index in [1.165, 1.54) is 0 Å². The molecule has 0 bridgehead atoms. The van der Waals surface area contributed by atoms with Gasteiger partial charge in [-0.25, -0.2) is 0 Å². The Labute approximate surface area is 215 Å². The van der Waals surface area contributed by atoms with Crippen LogP contribution in [0.3, 0.4) is 0 Å². The third kappa shape index (κ3) is 5.37. The van der Waals surface area contributed by atoms with Crippen LogP contribution >= 0.6 is 11.6 Å². The molecule has 3 fully saturated rings. The normalized spacial score (nSPS) is 52.4. The maximum Gasteiger partial charge on any atom is 0.207 e. The minimum atomic E-state index is -1.74. The average Bonchev–Trinajstić information content (AvgIpc) is 3.12. The molecule has 0 aromatic carbocycles. The molecule has 4 rings (SSSR count). The Hall–Kier alpha value is -0.730. The Kier molecular flexibility index (Phi) is 9.32. The van der Waals surface area contributed by atoms with Gasteiger partial charge in [0.25, 0.3) is 0 Å². The molecule has 16 heteroatoms. The van der Waals surface area contributed by atoms with Crippen molar-refractivity contribution in [3.8, 4) is 0 Å². The van der Waals surface area contributed by atoms with Crippen molar-refractivity contribution in [2.45, 2.75) is 85.3 Å². The standard InChI is InChI=1S/C21H33ClO15/c22-10-13(27)8-5(4-34-20-17(31)15(29)11(25)6(1-23)35-20)3-33-19(9(8)14(10)28)37-21-18(32)16(30)12(26)7(2-24)36-21/h3,6-21,23-32H,1-2,4H2/t6-,7-,8?,9?,10-,11-,12-,13+,14-,15+,16+,17-,18-,19+,20-,21+/m1/s1. The molecule has 10 N–H and O–H groups in total. The summed E-state index contributed by atoms with van der Waals surface area (Å²) < 4.78 is 27.4. The Bertz CT molecular complexity index is 800. The second kappa shape index (κ2) is 11.8. The van der Waals surface area contributed by atoms with Gasteiger partial charge in [0.2, 0.25) is 6.29 Å². The lowest BCUT2D eigenvalue weighted by atomic mass is 9.85. The third-order valence-corrected chi connectivity index (χ3v) is 7.82. The zero-order valence-corrected chi connectivity index (χ0v) is 20.1. The van der Waals surface area contributed by atoms with Gasteiger partial charge in [-0.05, 0) is 5.57 Å². The molecule has 0 amide bonds. The highest BCUT2D eigenvalue weighted by molar-refractivity contribution is 6.21. The number of ether oxygens (including phenoxy) is 5. The summed E-state index contributed by atoms with van der Waals surface area (Å²) in [6.45, 7) is -1.70. The Balaban J connectivity index is 1.49. The van der Waals surface area contributed by atoms with Crippen molar-refractivity contribution < 1.29 is 74.7 Å². The predicted octanol–water partition coefficient (Wildman–Crippen LogP) is -5.57. The number of alkyl halides is 1. The number of hydrogen-bond donors (Lipinski definition) is 10. The fourth-order valence-electron chi connectivity index (χ4n) is 5.12. The van der Waals surface area contributed by atoms with Crippen LogP contribution in [0.1, 0.15) is 0 Å². The van der Waals surface area contributed by atoms with E-state index in [4.69, 9.17) is 35.3 Å². The molecule has 2 saturated heterocycles. The molecule has 0 aromatic heterocycles. The van der Waals surface area contributed by atoms with Gasteiger partial charge in [-0.3, -0.25) is 0 Å². The van der Waals surface area contributed by atoms with E-state index in [9.17, 15) is 51.1 Å². The molecule has 15 nitrogen and oxygen atoms in total. The number of aliphatic hydroxyl groups is 10. The highest BCUT2D eigenvalue weighted by atomic mass is 35.5. The summed E-state index contributed by atoms with van der Waals surface area (Å²) in [6.07, 6.45) is -18.4. The van der Waals surface area contributed by atoms with Crippen LogP contribution < -0.4 is 0 Å². The molecule has 2 unspecified atom stereocenters. The van der Waals surface area contributed by atoms with Gasteiger partial charge >= 0.3 is 0 Å². The second-order valence-corrected chi connectivity index (χ2v) is 10.1. The van der Waals surface area contributed by atoms with E-state index in [2.05, 4.69) is 0 Å². The lowest BCUT2D eigenvalue weighted by molar-refractivity contribution is -0.344. The molecule has 4 aliphatic rings. The van der Waals surface area contributed by atoms with Crippen LogP contribution in [0.5, 0.6) is 0 Å². The summed E-state index contributed by atoms with van der Waals surface area (Å²) in [4.78, 5) is 0. The number of hydrogen-bond acceptors (Lipinski definition) is 15. The van der Waals surface area contributed by atoms with Gasteiger partial charge < -0.3 is 74.7 Å². The van der Waals surface area contributed by atoms with Crippen LogP contribution in [-0.4, -0.2) is 156 Å². The first-order valence-electron chi connectivity index (χ1n) is 11.7. The Morgan fingerprint density at radius 2 is 1.22 bits per heavy atom. The lowest BCUT2D eigenvalue weighted by Crippen LogP contribution is -2.60. The molecule has 3 heterocycles. The molecular weight excluding hydrogens is 528 g/mol. The highest BCUT2D eigenvalue weighted by Gasteiger charge is 2.57. The summed E-state index contributed by atoms with van der Waals surface area (Å²) in [6, 6.07) is 0. The number of aliphatic hydroxyl groups excluding tert-OH is 10. The fourth-order valence-corrected chi connectivity index (χ4v) is 5.45.